The minimum atomic E-state index is -4.48. The van der Waals surface area contributed by atoms with Crippen LogP contribution < -0.4 is 0 Å². The van der Waals surface area contributed by atoms with Gasteiger partial charge in [0.25, 0.3) is 0 Å². The van der Waals surface area contributed by atoms with Crippen molar-refractivity contribution >= 4 is 7.82 Å². The predicted molar refractivity (Wildman–Crippen MR) is 46.3 cm³/mol. The molecule has 0 saturated carbocycles. The summed E-state index contributed by atoms with van der Waals surface area (Å²) < 4.78 is 55.4. The molecule has 0 aliphatic carbocycles. The quantitative estimate of drug-likeness (QED) is 0.545. The number of alkyl halides is 3. The van der Waals surface area contributed by atoms with E-state index >= 15 is 0 Å². The van der Waals surface area contributed by atoms with E-state index in [2.05, 4.69) is 9.05 Å². The van der Waals surface area contributed by atoms with Gasteiger partial charge in [-0.25, -0.2) is 17.7 Å². The fourth-order valence-corrected chi connectivity index (χ4v) is 1.17. The molecule has 0 aromatic rings. The van der Waals surface area contributed by atoms with Crippen molar-refractivity contribution < 1.29 is 31.7 Å². The summed E-state index contributed by atoms with van der Waals surface area (Å²) in [5.41, 5.74) is 0. The summed E-state index contributed by atoms with van der Waals surface area (Å²) in [6.07, 6.45) is -0.00489. The van der Waals surface area contributed by atoms with E-state index in [-0.39, 0.29) is 0 Å². The molecule has 4 nitrogen and oxygen atoms in total. The number of hydrogen-bond donors (Lipinski definition) is 1. The molecule has 0 rings (SSSR count). The second kappa shape index (κ2) is 6.85. The van der Waals surface area contributed by atoms with Crippen LogP contribution in [0.4, 0.5) is 13.2 Å². The van der Waals surface area contributed by atoms with E-state index in [1.165, 1.54) is 0 Å². The van der Waals surface area contributed by atoms with Gasteiger partial charge in [-0.05, 0) is 0 Å². The van der Waals surface area contributed by atoms with Gasteiger partial charge in [-0.1, -0.05) is 5.92 Å². The minimum absolute atomic E-state index is 0.507. The van der Waals surface area contributed by atoms with Crippen molar-refractivity contribution in [2.75, 3.05) is 19.9 Å². The van der Waals surface area contributed by atoms with Crippen LogP contribution in [-0.4, -0.2) is 37.1 Å². The molecule has 1 N–H and O–H groups in total. The molecule has 0 aromatic heterocycles. The number of rotatable bonds is 7. The zero-order valence-electron chi connectivity index (χ0n) is 7.61. The molecule has 0 saturated heterocycles. The fourth-order valence-electron chi connectivity index (χ4n) is 0.523. The van der Waals surface area contributed by atoms with Crippen LogP contribution >= 0.6 is 7.82 Å². The molecule has 0 aliphatic heterocycles. The average molecular weight is 246 g/mol. The fraction of sp³-hybridized carbons (Fsp3) is 0.714. The lowest BCUT2D eigenvalue weighted by Crippen LogP contribution is -2.24. The first-order valence-electron chi connectivity index (χ1n) is 3.82. The van der Waals surface area contributed by atoms with E-state index in [1.807, 2.05) is 5.92 Å². The van der Waals surface area contributed by atoms with E-state index in [1.54, 1.807) is 0 Å². The molecule has 0 bridgehead atoms. The molecule has 15 heavy (non-hydrogen) atoms. The molecular formula is C7H10F3O4P. The topological polar surface area (TPSA) is 55.8 Å². The Labute approximate surface area is 85.0 Å². The monoisotopic (exact) mass is 246 g/mol. The number of halogens is 3. The van der Waals surface area contributed by atoms with Crippen LogP contribution in [0, 0.1) is 12.3 Å². The molecule has 0 fully saturated rings. The maximum atomic E-state index is 12.6. The van der Waals surface area contributed by atoms with E-state index in [9.17, 15) is 17.7 Å². The molecule has 3 atom stereocenters. The lowest BCUT2D eigenvalue weighted by molar-refractivity contribution is 0.0692. The van der Waals surface area contributed by atoms with E-state index in [0.29, 0.717) is 0 Å². The van der Waals surface area contributed by atoms with Crippen molar-refractivity contribution in [3.63, 3.8) is 0 Å². The van der Waals surface area contributed by atoms with Gasteiger partial charge in [0.2, 0.25) is 0 Å². The van der Waals surface area contributed by atoms with Gasteiger partial charge in [0.1, 0.15) is 13.3 Å². The summed E-state index contributed by atoms with van der Waals surface area (Å²) in [5, 5.41) is 0. The SMILES string of the molecule is C#CCOP(=O)(O)OCC(F)C(F)CF. The summed E-state index contributed by atoms with van der Waals surface area (Å²) >= 11 is 0. The summed E-state index contributed by atoms with van der Waals surface area (Å²) in [7, 11) is -4.48. The number of phosphoric acid groups is 1. The molecule has 0 aromatic carbocycles. The standard InChI is InChI=1S/C7H10F3O4P/c1-2-3-13-15(11,12)14-5-7(10)6(9)4-8/h1,6-7H,3-5H2,(H,11,12). The highest BCUT2D eigenvalue weighted by atomic mass is 31.2. The highest BCUT2D eigenvalue weighted by Crippen LogP contribution is 2.43. The summed E-state index contributed by atoms with van der Waals surface area (Å²) in [6.45, 7) is -3.12. The van der Waals surface area contributed by atoms with Crippen LogP contribution in [0.3, 0.4) is 0 Å². The zero-order valence-corrected chi connectivity index (χ0v) is 8.50. The van der Waals surface area contributed by atoms with Gasteiger partial charge < -0.3 is 4.89 Å². The zero-order chi connectivity index (χ0) is 11.9. The van der Waals surface area contributed by atoms with Crippen molar-refractivity contribution in [2.24, 2.45) is 0 Å². The van der Waals surface area contributed by atoms with Crippen LogP contribution in [0.2, 0.25) is 0 Å². The lowest BCUT2D eigenvalue weighted by atomic mass is 10.3. The first-order valence-corrected chi connectivity index (χ1v) is 5.32. The van der Waals surface area contributed by atoms with Crippen LogP contribution in [-0.2, 0) is 13.6 Å². The summed E-state index contributed by atoms with van der Waals surface area (Å²) in [5.74, 6) is 1.88. The third-order valence-electron chi connectivity index (χ3n) is 1.25. The highest BCUT2D eigenvalue weighted by Gasteiger charge is 2.27. The van der Waals surface area contributed by atoms with Crippen molar-refractivity contribution in [2.45, 2.75) is 12.3 Å². The molecule has 0 radical (unpaired) electrons. The van der Waals surface area contributed by atoms with E-state index in [4.69, 9.17) is 11.3 Å². The Bertz CT molecular complexity index is 267. The first kappa shape index (κ1) is 14.5. The van der Waals surface area contributed by atoms with Crippen molar-refractivity contribution in [1.29, 1.82) is 0 Å². The Morgan fingerprint density at radius 2 is 2.00 bits per heavy atom. The Hall–Kier alpha value is -0.540. The molecule has 0 aliphatic rings. The van der Waals surface area contributed by atoms with Gasteiger partial charge in [0.05, 0.1) is 6.61 Å². The minimum Gasteiger partial charge on any atom is -0.302 e. The Morgan fingerprint density at radius 3 is 2.47 bits per heavy atom. The van der Waals surface area contributed by atoms with Crippen LogP contribution in [0.5, 0.6) is 0 Å². The highest BCUT2D eigenvalue weighted by molar-refractivity contribution is 7.47. The first-order chi connectivity index (χ1) is 6.93. The number of hydrogen-bond acceptors (Lipinski definition) is 3. The van der Waals surface area contributed by atoms with Gasteiger partial charge in [-0.3, -0.25) is 9.05 Å². The molecule has 0 spiro atoms. The second-order valence-corrected chi connectivity index (χ2v) is 3.88. The predicted octanol–water partition coefficient (Wildman–Crippen LogP) is 1.40. The molecule has 8 heteroatoms. The number of phosphoric ester groups is 1. The molecule has 0 amide bonds. The molecule has 88 valence electrons. The van der Waals surface area contributed by atoms with Crippen molar-refractivity contribution in [3.8, 4) is 12.3 Å². The third-order valence-corrected chi connectivity index (χ3v) is 2.18. The molecule has 0 heterocycles. The smallest absolute Gasteiger partial charge is 0.302 e. The second-order valence-electron chi connectivity index (χ2n) is 2.43. The van der Waals surface area contributed by atoms with Crippen LogP contribution in [0.15, 0.2) is 0 Å². The van der Waals surface area contributed by atoms with Crippen LogP contribution in [0.25, 0.3) is 0 Å². The van der Waals surface area contributed by atoms with Crippen LogP contribution in [0.1, 0.15) is 0 Å². The van der Waals surface area contributed by atoms with Crippen molar-refractivity contribution in [3.05, 3.63) is 0 Å². The maximum absolute atomic E-state index is 12.6. The molecule has 3 unspecified atom stereocenters. The summed E-state index contributed by atoms with van der Waals surface area (Å²) in [4.78, 5) is 8.78. The normalized spacial score (nSPS) is 18.9. The van der Waals surface area contributed by atoms with Gasteiger partial charge in [-0.15, -0.1) is 6.42 Å². The van der Waals surface area contributed by atoms with Gasteiger partial charge in [0.15, 0.2) is 12.3 Å². The lowest BCUT2D eigenvalue weighted by Gasteiger charge is -2.13. The molecular weight excluding hydrogens is 236 g/mol. The van der Waals surface area contributed by atoms with E-state index in [0.717, 1.165) is 0 Å². The van der Waals surface area contributed by atoms with E-state index < -0.39 is 40.1 Å². The Morgan fingerprint density at radius 1 is 1.40 bits per heavy atom. The number of terminal acetylenes is 1. The average Bonchev–Trinajstić information content (AvgIpc) is 2.22. The van der Waals surface area contributed by atoms with Gasteiger partial charge >= 0.3 is 7.82 Å². The van der Waals surface area contributed by atoms with Gasteiger partial charge in [0, 0.05) is 0 Å². The summed E-state index contributed by atoms with van der Waals surface area (Å²) in [6, 6.07) is 0. The van der Waals surface area contributed by atoms with Gasteiger partial charge in [-0.2, -0.15) is 0 Å². The van der Waals surface area contributed by atoms with Crippen molar-refractivity contribution in [1.82, 2.24) is 0 Å². The third kappa shape index (κ3) is 6.52. The maximum Gasteiger partial charge on any atom is 0.473 e. The largest absolute Gasteiger partial charge is 0.473 e. The Kier molecular flexibility index (Phi) is 6.61. The Balaban J connectivity index is 3.93.